The van der Waals surface area contributed by atoms with Crippen molar-refractivity contribution in [3.05, 3.63) is 53.6 Å². The molecule has 9 nitrogen and oxygen atoms in total. The number of rotatable bonds is 11. The fourth-order valence-corrected chi connectivity index (χ4v) is 5.41. The maximum atomic E-state index is 12.9. The van der Waals surface area contributed by atoms with Crippen molar-refractivity contribution in [2.75, 3.05) is 37.8 Å². The number of carbonyl (C=O) groups is 1. The third-order valence-electron chi connectivity index (χ3n) is 5.35. The normalized spacial score (nSPS) is 12.9. The zero-order valence-corrected chi connectivity index (χ0v) is 22.0. The van der Waals surface area contributed by atoms with Crippen LogP contribution in [-0.4, -0.2) is 66.6 Å². The predicted octanol–water partition coefficient (Wildman–Crippen LogP) is 2.29. The van der Waals surface area contributed by atoms with Crippen LogP contribution in [0.25, 0.3) is 0 Å². The first kappa shape index (κ1) is 27.6. The fourth-order valence-electron chi connectivity index (χ4n) is 3.30. The molecule has 0 saturated heterocycles. The second kappa shape index (κ2) is 11.2. The largest absolute Gasteiger partial charge is 0.492 e. The molecule has 0 aliphatic heterocycles. The van der Waals surface area contributed by atoms with Crippen molar-refractivity contribution in [3.8, 4) is 5.75 Å². The third-order valence-corrected chi connectivity index (χ3v) is 8.36. The molecule has 34 heavy (non-hydrogen) atoms. The van der Waals surface area contributed by atoms with Crippen molar-refractivity contribution in [2.24, 2.45) is 0 Å². The lowest BCUT2D eigenvalue weighted by molar-refractivity contribution is -0.122. The second-order valence-electron chi connectivity index (χ2n) is 8.15. The Balaban J connectivity index is 2.03. The van der Waals surface area contributed by atoms with Gasteiger partial charge in [0.05, 0.1) is 23.4 Å². The van der Waals surface area contributed by atoms with E-state index < -0.39 is 32.0 Å². The van der Waals surface area contributed by atoms with E-state index in [1.165, 1.54) is 38.4 Å². The number of anilines is 1. The van der Waals surface area contributed by atoms with Gasteiger partial charge < -0.3 is 10.1 Å². The Labute approximate surface area is 202 Å². The van der Waals surface area contributed by atoms with E-state index in [2.05, 4.69) is 5.32 Å². The minimum Gasteiger partial charge on any atom is -0.492 e. The second-order valence-corrected chi connectivity index (χ2v) is 12.2. The number of amides is 1. The summed E-state index contributed by atoms with van der Waals surface area (Å²) in [5.41, 5.74) is 2.40. The molecule has 1 amide bonds. The van der Waals surface area contributed by atoms with Gasteiger partial charge in [0.25, 0.3) is 0 Å². The van der Waals surface area contributed by atoms with Crippen molar-refractivity contribution >= 4 is 31.6 Å². The van der Waals surface area contributed by atoms with Crippen LogP contribution in [0.4, 0.5) is 5.69 Å². The number of ether oxygens (including phenoxy) is 1. The first-order valence-corrected chi connectivity index (χ1v) is 14.1. The Bertz CT molecular complexity index is 1210. The Morgan fingerprint density at radius 3 is 2.12 bits per heavy atom. The van der Waals surface area contributed by atoms with Crippen LogP contribution in [0, 0.1) is 13.8 Å². The lowest BCUT2D eigenvalue weighted by Crippen LogP contribution is -2.50. The van der Waals surface area contributed by atoms with Gasteiger partial charge in [-0.05, 0) is 67.8 Å². The minimum absolute atomic E-state index is 0.129. The first-order valence-electron chi connectivity index (χ1n) is 10.8. The van der Waals surface area contributed by atoms with Gasteiger partial charge >= 0.3 is 0 Å². The number of sulfonamides is 2. The van der Waals surface area contributed by atoms with E-state index in [1.54, 1.807) is 19.1 Å². The Morgan fingerprint density at radius 1 is 1.00 bits per heavy atom. The van der Waals surface area contributed by atoms with Crippen LogP contribution in [0.15, 0.2) is 47.4 Å². The predicted molar refractivity (Wildman–Crippen MR) is 133 cm³/mol. The van der Waals surface area contributed by atoms with Crippen molar-refractivity contribution in [3.63, 3.8) is 0 Å². The van der Waals surface area contributed by atoms with Crippen LogP contribution in [0.5, 0.6) is 5.75 Å². The third kappa shape index (κ3) is 6.71. The molecule has 11 heteroatoms. The van der Waals surface area contributed by atoms with Crippen molar-refractivity contribution in [1.82, 2.24) is 9.62 Å². The lowest BCUT2D eigenvalue weighted by atomic mass is 10.1. The Hall–Kier alpha value is -2.63. The SMILES string of the molecule is CC[C@@H](C(=O)NCCOc1ccc(S(=O)(=O)N(C)C)cc1)N(c1ccc(C)c(C)c1)S(C)(=O)=O. The highest BCUT2D eigenvalue weighted by molar-refractivity contribution is 7.92. The zero-order valence-electron chi connectivity index (χ0n) is 20.4. The fraction of sp³-hybridized carbons (Fsp3) is 0.435. The van der Waals surface area contributed by atoms with Gasteiger partial charge in [-0.2, -0.15) is 0 Å². The summed E-state index contributed by atoms with van der Waals surface area (Å²) in [4.78, 5) is 13.0. The smallest absolute Gasteiger partial charge is 0.244 e. The molecule has 0 unspecified atom stereocenters. The van der Waals surface area contributed by atoms with Gasteiger partial charge in [0.15, 0.2) is 0 Å². The highest BCUT2D eigenvalue weighted by Gasteiger charge is 2.31. The number of aryl methyl sites for hydroxylation is 2. The molecule has 0 radical (unpaired) electrons. The van der Waals surface area contributed by atoms with Gasteiger partial charge in [-0.1, -0.05) is 13.0 Å². The van der Waals surface area contributed by atoms with Crippen molar-refractivity contribution in [1.29, 1.82) is 0 Å². The van der Waals surface area contributed by atoms with Crippen LogP contribution >= 0.6 is 0 Å². The van der Waals surface area contributed by atoms with Crippen LogP contribution in [-0.2, 0) is 24.8 Å². The molecule has 0 saturated carbocycles. The van der Waals surface area contributed by atoms with E-state index >= 15 is 0 Å². The molecular weight excluding hydrogens is 478 g/mol. The molecule has 2 rings (SSSR count). The van der Waals surface area contributed by atoms with Crippen molar-refractivity contribution in [2.45, 2.75) is 38.1 Å². The van der Waals surface area contributed by atoms with Gasteiger partial charge in [-0.3, -0.25) is 9.10 Å². The summed E-state index contributed by atoms with van der Waals surface area (Å²) < 4.78 is 57.2. The number of hydrogen-bond donors (Lipinski definition) is 1. The van der Waals surface area contributed by atoms with Gasteiger partial charge in [0.2, 0.25) is 26.0 Å². The van der Waals surface area contributed by atoms with E-state index in [9.17, 15) is 21.6 Å². The van der Waals surface area contributed by atoms with Gasteiger partial charge in [0.1, 0.15) is 18.4 Å². The molecule has 0 fully saturated rings. The molecule has 0 aromatic heterocycles. The average molecular weight is 512 g/mol. The molecule has 0 aliphatic rings. The molecule has 0 spiro atoms. The number of nitrogens with one attached hydrogen (secondary N) is 1. The summed E-state index contributed by atoms with van der Waals surface area (Å²) in [6.07, 6.45) is 1.37. The summed E-state index contributed by atoms with van der Waals surface area (Å²) in [7, 11) is -4.32. The summed E-state index contributed by atoms with van der Waals surface area (Å²) in [6, 6.07) is 10.4. The molecular formula is C23H33N3O6S2. The number of carbonyl (C=O) groups excluding carboxylic acids is 1. The average Bonchev–Trinajstić information content (AvgIpc) is 2.76. The van der Waals surface area contributed by atoms with E-state index in [0.29, 0.717) is 11.4 Å². The van der Waals surface area contributed by atoms with Crippen LogP contribution in [0.2, 0.25) is 0 Å². The van der Waals surface area contributed by atoms with Crippen LogP contribution in [0.1, 0.15) is 24.5 Å². The highest BCUT2D eigenvalue weighted by atomic mass is 32.2. The molecule has 1 atom stereocenters. The van der Waals surface area contributed by atoms with Crippen LogP contribution < -0.4 is 14.4 Å². The first-order chi connectivity index (χ1) is 15.8. The maximum Gasteiger partial charge on any atom is 0.244 e. The maximum absolute atomic E-state index is 12.9. The van der Waals surface area contributed by atoms with Crippen molar-refractivity contribution < 1.29 is 26.4 Å². The van der Waals surface area contributed by atoms with Gasteiger partial charge in [-0.15, -0.1) is 0 Å². The van der Waals surface area contributed by atoms with E-state index in [1.807, 2.05) is 19.9 Å². The van der Waals surface area contributed by atoms with Crippen LogP contribution in [0.3, 0.4) is 0 Å². The molecule has 0 heterocycles. The number of hydrogen-bond acceptors (Lipinski definition) is 6. The summed E-state index contributed by atoms with van der Waals surface area (Å²) >= 11 is 0. The quantitative estimate of drug-likeness (QED) is 0.463. The Morgan fingerprint density at radius 2 is 1.62 bits per heavy atom. The van der Waals surface area contributed by atoms with E-state index in [4.69, 9.17) is 4.74 Å². The minimum atomic E-state index is -3.71. The molecule has 2 aromatic rings. The van der Waals surface area contributed by atoms with E-state index in [-0.39, 0.29) is 24.5 Å². The highest BCUT2D eigenvalue weighted by Crippen LogP contribution is 2.25. The standard InChI is InChI=1S/C23H33N3O6S2/c1-7-22(26(33(6,28)29)19-9-8-17(2)18(3)16-19)23(27)24-14-15-32-20-10-12-21(13-11-20)34(30,31)25(4)5/h8-13,16,22H,7,14-15H2,1-6H3,(H,24,27)/t22-/m0/s1. The molecule has 1 N–H and O–H groups in total. The molecule has 0 aliphatic carbocycles. The monoisotopic (exact) mass is 511 g/mol. The van der Waals surface area contributed by atoms with Gasteiger partial charge in [-0.25, -0.2) is 21.1 Å². The molecule has 2 aromatic carbocycles. The van der Waals surface area contributed by atoms with E-state index in [0.717, 1.165) is 26.0 Å². The number of nitrogens with zero attached hydrogens (tertiary/aromatic N) is 2. The molecule has 188 valence electrons. The molecule has 0 bridgehead atoms. The summed E-state index contributed by atoms with van der Waals surface area (Å²) in [5, 5.41) is 2.73. The summed E-state index contributed by atoms with van der Waals surface area (Å²) in [5.74, 6) is 0.0223. The topological polar surface area (TPSA) is 113 Å². The lowest BCUT2D eigenvalue weighted by Gasteiger charge is -2.30. The summed E-state index contributed by atoms with van der Waals surface area (Å²) in [6.45, 7) is 5.86. The Kier molecular flexibility index (Phi) is 9.09. The number of benzene rings is 2. The zero-order chi connectivity index (χ0) is 25.7. The van der Waals surface area contributed by atoms with Gasteiger partial charge in [0, 0.05) is 14.1 Å².